The number of rotatable bonds is 3. The number of aromatic nitrogens is 1. The molecule has 2 heterocycles. The highest BCUT2D eigenvalue weighted by atomic mass is 79.9. The summed E-state index contributed by atoms with van der Waals surface area (Å²) in [6, 6.07) is 0.469. The highest BCUT2D eigenvalue weighted by Gasteiger charge is 2.28. The summed E-state index contributed by atoms with van der Waals surface area (Å²) in [5.41, 5.74) is 5.88. The maximum atomic E-state index is 5.88. The molecule has 1 aromatic heterocycles. The molecule has 3 nitrogen and oxygen atoms in total. The molecule has 0 bridgehead atoms. The van der Waals surface area contributed by atoms with Gasteiger partial charge in [0.15, 0.2) is 5.13 Å². The molecule has 2 rings (SSSR count). The Labute approximate surface area is 109 Å². The molecule has 0 radical (unpaired) electrons. The van der Waals surface area contributed by atoms with Gasteiger partial charge in [-0.05, 0) is 34.7 Å². The normalized spacial score (nSPS) is 26.1. The molecule has 0 amide bonds. The van der Waals surface area contributed by atoms with E-state index in [0.717, 1.165) is 28.7 Å². The molecule has 1 aliphatic heterocycles. The zero-order valence-electron chi connectivity index (χ0n) is 9.53. The van der Waals surface area contributed by atoms with E-state index in [2.05, 4.69) is 32.7 Å². The van der Waals surface area contributed by atoms with Crippen LogP contribution in [0.1, 0.15) is 26.2 Å². The molecule has 0 spiro atoms. The number of anilines is 1. The van der Waals surface area contributed by atoms with Crippen molar-refractivity contribution in [2.24, 2.45) is 11.7 Å². The van der Waals surface area contributed by atoms with E-state index in [1.54, 1.807) is 11.3 Å². The molecule has 1 aromatic rings. The van der Waals surface area contributed by atoms with E-state index in [-0.39, 0.29) is 0 Å². The van der Waals surface area contributed by atoms with Gasteiger partial charge in [0, 0.05) is 24.5 Å². The van der Waals surface area contributed by atoms with Crippen LogP contribution in [0.4, 0.5) is 5.13 Å². The molecule has 2 atom stereocenters. The van der Waals surface area contributed by atoms with E-state index < -0.39 is 0 Å². The monoisotopic (exact) mass is 303 g/mol. The molecule has 1 aliphatic rings. The predicted octanol–water partition coefficient (Wildman–Crippen LogP) is 2.86. The van der Waals surface area contributed by atoms with Crippen LogP contribution in [0.3, 0.4) is 0 Å². The lowest BCUT2D eigenvalue weighted by Crippen LogP contribution is -2.46. The number of halogens is 1. The Morgan fingerprint density at radius 2 is 2.50 bits per heavy atom. The maximum Gasteiger partial charge on any atom is 0.186 e. The third kappa shape index (κ3) is 2.57. The van der Waals surface area contributed by atoms with Crippen LogP contribution in [-0.4, -0.2) is 24.1 Å². The molecule has 0 saturated carbocycles. The SMILES string of the molecule is CCC1CCN(c2nc(Br)cs2)C(CN)C1. The minimum Gasteiger partial charge on any atom is -0.344 e. The van der Waals surface area contributed by atoms with E-state index in [9.17, 15) is 0 Å². The van der Waals surface area contributed by atoms with Crippen LogP contribution in [0.2, 0.25) is 0 Å². The van der Waals surface area contributed by atoms with Gasteiger partial charge < -0.3 is 10.6 Å². The van der Waals surface area contributed by atoms with Crippen LogP contribution >= 0.6 is 27.3 Å². The molecular formula is C11H18BrN3S. The van der Waals surface area contributed by atoms with Gasteiger partial charge in [-0.2, -0.15) is 0 Å². The first-order valence-corrected chi connectivity index (χ1v) is 7.49. The standard InChI is InChI=1S/C11H18BrN3S/c1-2-8-3-4-15(9(5-8)6-13)11-14-10(12)7-16-11/h7-9H,2-6,13H2,1H3. The van der Waals surface area contributed by atoms with Crippen molar-refractivity contribution >= 4 is 32.4 Å². The maximum absolute atomic E-state index is 5.88. The van der Waals surface area contributed by atoms with Crippen LogP contribution in [0.15, 0.2) is 9.98 Å². The van der Waals surface area contributed by atoms with Crippen molar-refractivity contribution in [3.05, 3.63) is 9.98 Å². The van der Waals surface area contributed by atoms with Crippen LogP contribution in [-0.2, 0) is 0 Å². The molecule has 90 valence electrons. The van der Waals surface area contributed by atoms with E-state index in [0.29, 0.717) is 6.04 Å². The van der Waals surface area contributed by atoms with Crippen molar-refractivity contribution in [2.75, 3.05) is 18.0 Å². The number of thiazole rings is 1. The van der Waals surface area contributed by atoms with Gasteiger partial charge in [-0.25, -0.2) is 4.98 Å². The lowest BCUT2D eigenvalue weighted by Gasteiger charge is -2.38. The van der Waals surface area contributed by atoms with Crippen molar-refractivity contribution in [1.29, 1.82) is 0 Å². The van der Waals surface area contributed by atoms with Crippen molar-refractivity contribution < 1.29 is 0 Å². The fourth-order valence-electron chi connectivity index (χ4n) is 2.36. The molecule has 2 unspecified atom stereocenters. The summed E-state index contributed by atoms with van der Waals surface area (Å²) in [4.78, 5) is 6.87. The van der Waals surface area contributed by atoms with Crippen molar-refractivity contribution in [3.8, 4) is 0 Å². The van der Waals surface area contributed by atoms with E-state index in [1.807, 2.05) is 5.38 Å². The zero-order chi connectivity index (χ0) is 11.5. The molecule has 1 saturated heterocycles. The molecule has 0 aromatic carbocycles. The average Bonchev–Trinajstić information content (AvgIpc) is 2.74. The highest BCUT2D eigenvalue weighted by molar-refractivity contribution is 9.10. The van der Waals surface area contributed by atoms with Crippen molar-refractivity contribution in [1.82, 2.24) is 4.98 Å². The largest absolute Gasteiger partial charge is 0.344 e. The molecule has 1 fully saturated rings. The number of hydrogen-bond donors (Lipinski definition) is 1. The van der Waals surface area contributed by atoms with Gasteiger partial charge in [0.1, 0.15) is 4.60 Å². The smallest absolute Gasteiger partial charge is 0.186 e. The Bertz CT molecular complexity index is 342. The summed E-state index contributed by atoms with van der Waals surface area (Å²) >= 11 is 5.10. The number of piperidine rings is 1. The Kier molecular flexibility index (Phi) is 4.21. The Morgan fingerprint density at radius 3 is 3.06 bits per heavy atom. The minimum atomic E-state index is 0.469. The minimum absolute atomic E-state index is 0.469. The summed E-state index contributed by atoms with van der Waals surface area (Å²) in [6.07, 6.45) is 3.75. The van der Waals surface area contributed by atoms with Gasteiger partial charge in [-0.15, -0.1) is 11.3 Å². The summed E-state index contributed by atoms with van der Waals surface area (Å²) in [7, 11) is 0. The van der Waals surface area contributed by atoms with E-state index >= 15 is 0 Å². The average molecular weight is 304 g/mol. The Balaban J connectivity index is 2.09. The Morgan fingerprint density at radius 1 is 1.69 bits per heavy atom. The van der Waals surface area contributed by atoms with Crippen molar-refractivity contribution in [3.63, 3.8) is 0 Å². The summed E-state index contributed by atoms with van der Waals surface area (Å²) in [5.74, 6) is 0.841. The number of hydrogen-bond acceptors (Lipinski definition) is 4. The molecule has 16 heavy (non-hydrogen) atoms. The van der Waals surface area contributed by atoms with Crippen LogP contribution in [0.25, 0.3) is 0 Å². The number of nitrogens with two attached hydrogens (primary N) is 1. The Hall–Kier alpha value is -0.130. The van der Waals surface area contributed by atoms with Gasteiger partial charge in [0.25, 0.3) is 0 Å². The lowest BCUT2D eigenvalue weighted by atomic mass is 9.89. The topological polar surface area (TPSA) is 42.2 Å². The first-order valence-electron chi connectivity index (χ1n) is 5.82. The summed E-state index contributed by atoms with van der Waals surface area (Å²) in [5, 5.41) is 3.14. The van der Waals surface area contributed by atoms with Gasteiger partial charge >= 0.3 is 0 Å². The first-order chi connectivity index (χ1) is 7.74. The molecular weight excluding hydrogens is 286 g/mol. The molecule has 2 N–H and O–H groups in total. The quantitative estimate of drug-likeness (QED) is 0.933. The van der Waals surface area contributed by atoms with Gasteiger partial charge in [0.05, 0.1) is 0 Å². The van der Waals surface area contributed by atoms with Gasteiger partial charge in [0.2, 0.25) is 0 Å². The van der Waals surface area contributed by atoms with Crippen LogP contribution in [0, 0.1) is 5.92 Å². The second-order valence-corrected chi connectivity index (χ2v) is 5.98. The fraction of sp³-hybridized carbons (Fsp3) is 0.727. The van der Waals surface area contributed by atoms with Crippen molar-refractivity contribution in [2.45, 2.75) is 32.2 Å². The molecule has 0 aliphatic carbocycles. The number of nitrogens with zero attached hydrogens (tertiary/aromatic N) is 2. The molecule has 5 heteroatoms. The third-order valence-corrected chi connectivity index (χ3v) is 4.97. The summed E-state index contributed by atoms with van der Waals surface area (Å²) in [6.45, 7) is 4.10. The van der Waals surface area contributed by atoms with Gasteiger partial charge in [-0.1, -0.05) is 13.3 Å². The highest BCUT2D eigenvalue weighted by Crippen LogP contribution is 2.32. The second kappa shape index (κ2) is 5.47. The lowest BCUT2D eigenvalue weighted by molar-refractivity contribution is 0.335. The van der Waals surface area contributed by atoms with Crippen LogP contribution in [0.5, 0.6) is 0 Å². The third-order valence-electron chi connectivity index (χ3n) is 3.38. The second-order valence-electron chi connectivity index (χ2n) is 4.33. The predicted molar refractivity (Wildman–Crippen MR) is 73.0 cm³/mol. The first kappa shape index (κ1) is 12.3. The van der Waals surface area contributed by atoms with Crippen LogP contribution < -0.4 is 10.6 Å². The summed E-state index contributed by atoms with van der Waals surface area (Å²) < 4.78 is 0.931. The fourth-order valence-corrected chi connectivity index (χ4v) is 3.71. The zero-order valence-corrected chi connectivity index (χ0v) is 11.9. The van der Waals surface area contributed by atoms with E-state index in [4.69, 9.17) is 5.73 Å². The van der Waals surface area contributed by atoms with Gasteiger partial charge in [-0.3, -0.25) is 0 Å². The van der Waals surface area contributed by atoms with E-state index in [1.165, 1.54) is 19.3 Å².